The summed E-state index contributed by atoms with van der Waals surface area (Å²) >= 11 is 1.52. The maximum atomic E-state index is 11.6. The fourth-order valence-electron chi connectivity index (χ4n) is 1.35. The quantitative estimate of drug-likeness (QED) is 0.834. The van der Waals surface area contributed by atoms with E-state index in [1.54, 1.807) is 29.4 Å². The van der Waals surface area contributed by atoms with Gasteiger partial charge in [-0.2, -0.15) is 0 Å². The smallest absolute Gasteiger partial charge is 0.244 e. The molecule has 16 heavy (non-hydrogen) atoms. The van der Waals surface area contributed by atoms with Gasteiger partial charge in [-0.3, -0.25) is 14.6 Å². The number of amides is 2. The number of hydrogen-bond acceptors (Lipinski definition) is 4. The van der Waals surface area contributed by atoms with Gasteiger partial charge in [-0.1, -0.05) is 0 Å². The highest BCUT2D eigenvalue weighted by Gasteiger charge is 2.22. The van der Waals surface area contributed by atoms with Gasteiger partial charge in [0, 0.05) is 18.1 Å². The Hall–Kier alpha value is -1.56. The van der Waals surface area contributed by atoms with Gasteiger partial charge in [0.15, 0.2) is 0 Å². The van der Waals surface area contributed by atoms with E-state index in [0.717, 1.165) is 0 Å². The maximum absolute atomic E-state index is 11.6. The molecule has 0 spiro atoms. The molecule has 0 atom stereocenters. The van der Waals surface area contributed by atoms with Crippen LogP contribution >= 0.6 is 11.8 Å². The highest BCUT2D eigenvalue weighted by Crippen LogP contribution is 2.14. The molecule has 5 nitrogen and oxygen atoms in total. The molecular weight excluding hydrogens is 226 g/mol. The summed E-state index contributed by atoms with van der Waals surface area (Å²) in [7, 11) is 0. The lowest BCUT2D eigenvalue weighted by Crippen LogP contribution is -2.34. The van der Waals surface area contributed by atoms with Crippen LogP contribution in [0, 0.1) is 0 Å². The Morgan fingerprint density at radius 1 is 1.50 bits per heavy atom. The van der Waals surface area contributed by atoms with Gasteiger partial charge in [-0.15, -0.1) is 11.8 Å². The molecule has 1 saturated heterocycles. The molecule has 2 amide bonds. The largest absolute Gasteiger partial charge is 0.324 e. The summed E-state index contributed by atoms with van der Waals surface area (Å²) in [6, 6.07) is 3.41. The van der Waals surface area contributed by atoms with E-state index in [1.165, 1.54) is 11.8 Å². The van der Waals surface area contributed by atoms with Crippen molar-refractivity contribution in [3.8, 4) is 0 Å². The van der Waals surface area contributed by atoms with Gasteiger partial charge in [0.25, 0.3) is 0 Å². The van der Waals surface area contributed by atoms with Crippen LogP contribution in [0.2, 0.25) is 0 Å². The third-order valence-corrected chi connectivity index (χ3v) is 3.07. The minimum atomic E-state index is -0.179. The van der Waals surface area contributed by atoms with Crippen molar-refractivity contribution in [3.05, 3.63) is 24.5 Å². The van der Waals surface area contributed by atoms with E-state index in [0.29, 0.717) is 17.3 Å². The minimum absolute atomic E-state index is 0.0230. The number of carbonyl (C=O) groups excluding carboxylic acids is 2. The zero-order valence-electron chi connectivity index (χ0n) is 8.55. The fourth-order valence-corrected chi connectivity index (χ4v) is 2.25. The van der Waals surface area contributed by atoms with Crippen molar-refractivity contribution in [2.24, 2.45) is 0 Å². The van der Waals surface area contributed by atoms with Crippen molar-refractivity contribution in [1.29, 1.82) is 0 Å². The molecular formula is C10H11N3O2S. The first kappa shape index (κ1) is 10.9. The number of rotatable bonds is 3. The topological polar surface area (TPSA) is 62.3 Å². The van der Waals surface area contributed by atoms with Crippen molar-refractivity contribution in [2.75, 3.05) is 23.5 Å². The van der Waals surface area contributed by atoms with Crippen molar-refractivity contribution >= 4 is 29.3 Å². The number of hydrogen-bond donors (Lipinski definition) is 1. The van der Waals surface area contributed by atoms with Crippen molar-refractivity contribution in [3.63, 3.8) is 0 Å². The standard InChI is InChI=1S/C10H11N3O2S/c14-9(5-13-7-16-6-10(13)15)12-8-1-3-11-4-2-8/h1-4H,5-7H2,(H,11,12,14). The van der Waals surface area contributed by atoms with Crippen LogP contribution in [0.15, 0.2) is 24.5 Å². The van der Waals surface area contributed by atoms with E-state index < -0.39 is 0 Å². The number of nitrogens with zero attached hydrogens (tertiary/aromatic N) is 2. The van der Waals surface area contributed by atoms with Crippen LogP contribution in [0.5, 0.6) is 0 Å². The maximum Gasteiger partial charge on any atom is 0.244 e. The molecule has 1 N–H and O–H groups in total. The molecule has 2 rings (SSSR count). The molecule has 0 bridgehead atoms. The second-order valence-electron chi connectivity index (χ2n) is 3.35. The lowest BCUT2D eigenvalue weighted by Gasteiger charge is -2.13. The highest BCUT2D eigenvalue weighted by molar-refractivity contribution is 8.00. The van der Waals surface area contributed by atoms with Crippen LogP contribution in [-0.4, -0.2) is 39.9 Å². The Kier molecular flexibility index (Phi) is 3.40. The molecule has 1 aromatic rings. The Labute approximate surface area is 97.2 Å². The summed E-state index contributed by atoms with van der Waals surface area (Å²) < 4.78 is 0. The van der Waals surface area contributed by atoms with E-state index in [4.69, 9.17) is 0 Å². The Morgan fingerprint density at radius 2 is 2.25 bits per heavy atom. The van der Waals surface area contributed by atoms with E-state index in [9.17, 15) is 9.59 Å². The molecule has 6 heteroatoms. The van der Waals surface area contributed by atoms with Gasteiger partial charge in [-0.25, -0.2) is 0 Å². The third kappa shape index (κ3) is 2.73. The molecule has 2 heterocycles. The molecule has 0 saturated carbocycles. The molecule has 1 aromatic heterocycles. The van der Waals surface area contributed by atoms with E-state index in [2.05, 4.69) is 10.3 Å². The van der Waals surface area contributed by atoms with Crippen molar-refractivity contribution in [1.82, 2.24) is 9.88 Å². The summed E-state index contributed by atoms with van der Waals surface area (Å²) in [6.07, 6.45) is 3.21. The zero-order chi connectivity index (χ0) is 11.4. The summed E-state index contributed by atoms with van der Waals surface area (Å²) in [4.78, 5) is 28.2. The average Bonchev–Trinajstić information content (AvgIpc) is 2.66. The molecule has 0 aromatic carbocycles. The van der Waals surface area contributed by atoms with E-state index >= 15 is 0 Å². The predicted octanol–water partition coefficient (Wildman–Crippen LogP) is 0.553. The van der Waals surface area contributed by atoms with Crippen LogP contribution < -0.4 is 5.32 Å². The number of aromatic nitrogens is 1. The van der Waals surface area contributed by atoms with Gasteiger partial charge in [-0.05, 0) is 12.1 Å². The van der Waals surface area contributed by atoms with E-state index in [1.807, 2.05) is 0 Å². The summed E-state index contributed by atoms with van der Waals surface area (Å²) in [5, 5.41) is 2.71. The number of pyridine rings is 1. The number of thioether (sulfide) groups is 1. The molecule has 1 aliphatic rings. The predicted molar refractivity (Wildman–Crippen MR) is 61.9 cm³/mol. The fraction of sp³-hybridized carbons (Fsp3) is 0.300. The van der Waals surface area contributed by atoms with Gasteiger partial charge in [0.1, 0.15) is 6.54 Å². The first-order valence-electron chi connectivity index (χ1n) is 4.81. The second-order valence-corrected chi connectivity index (χ2v) is 4.31. The summed E-state index contributed by atoms with van der Waals surface area (Å²) in [5.74, 6) is 0.919. The normalized spacial score (nSPS) is 15.2. The van der Waals surface area contributed by atoms with Crippen molar-refractivity contribution < 1.29 is 9.59 Å². The number of anilines is 1. The third-order valence-electron chi connectivity index (χ3n) is 2.12. The lowest BCUT2D eigenvalue weighted by molar-refractivity contribution is -0.130. The summed E-state index contributed by atoms with van der Waals surface area (Å²) in [6.45, 7) is 0.119. The van der Waals surface area contributed by atoms with Gasteiger partial charge >= 0.3 is 0 Å². The van der Waals surface area contributed by atoms with Crippen LogP contribution in [0.4, 0.5) is 5.69 Å². The van der Waals surface area contributed by atoms with Crippen molar-refractivity contribution in [2.45, 2.75) is 0 Å². The Bertz CT molecular complexity index is 396. The minimum Gasteiger partial charge on any atom is -0.324 e. The van der Waals surface area contributed by atoms with Crippen LogP contribution in [-0.2, 0) is 9.59 Å². The first-order valence-corrected chi connectivity index (χ1v) is 5.96. The van der Waals surface area contributed by atoms with Gasteiger partial charge < -0.3 is 10.2 Å². The Morgan fingerprint density at radius 3 is 2.88 bits per heavy atom. The monoisotopic (exact) mass is 237 g/mol. The average molecular weight is 237 g/mol. The Balaban J connectivity index is 1.87. The number of carbonyl (C=O) groups is 2. The summed E-state index contributed by atoms with van der Waals surface area (Å²) in [5.41, 5.74) is 0.694. The molecule has 0 aliphatic carbocycles. The van der Waals surface area contributed by atoms with Gasteiger partial charge in [0.05, 0.1) is 11.6 Å². The first-order chi connectivity index (χ1) is 7.75. The SMILES string of the molecule is O=C(CN1CSCC1=O)Nc1ccncc1. The molecule has 0 radical (unpaired) electrons. The molecule has 84 valence electrons. The lowest BCUT2D eigenvalue weighted by atomic mass is 10.4. The van der Waals surface area contributed by atoms with Crippen LogP contribution in [0.1, 0.15) is 0 Å². The van der Waals surface area contributed by atoms with Gasteiger partial charge in [0.2, 0.25) is 11.8 Å². The second kappa shape index (κ2) is 4.98. The molecule has 1 fully saturated rings. The molecule has 1 aliphatic heterocycles. The van der Waals surface area contributed by atoms with Crippen LogP contribution in [0.3, 0.4) is 0 Å². The van der Waals surface area contributed by atoms with E-state index in [-0.39, 0.29) is 18.4 Å². The van der Waals surface area contributed by atoms with Crippen LogP contribution in [0.25, 0.3) is 0 Å². The highest BCUT2D eigenvalue weighted by atomic mass is 32.2. The molecule has 0 unspecified atom stereocenters. The zero-order valence-corrected chi connectivity index (χ0v) is 9.37. The number of nitrogens with one attached hydrogen (secondary N) is 1.